The lowest BCUT2D eigenvalue weighted by Crippen LogP contribution is -2.25. The topological polar surface area (TPSA) is 43.3 Å². The van der Waals surface area contributed by atoms with Crippen LogP contribution in [0.2, 0.25) is 5.02 Å². The Kier molecular flexibility index (Phi) is 6.67. The molecule has 0 unspecified atom stereocenters. The van der Waals surface area contributed by atoms with Gasteiger partial charge in [-0.2, -0.15) is 26.3 Å². The standard InChI is InChI=1S/C23H19ClF6N2O2/c1-4-34-21(2,3)11-13-12-32(19-6-5-16(24)10-18(13)19)20(33)31-17-8-14(22(25,26)27)7-15(9-17)23(28,29)30/h4-10,12H,1,11H2,2-3H3,(H,31,33). The average molecular weight is 505 g/mol. The van der Waals surface area contributed by atoms with Gasteiger partial charge in [0.15, 0.2) is 0 Å². The van der Waals surface area contributed by atoms with Gasteiger partial charge in [0.25, 0.3) is 0 Å². The smallest absolute Gasteiger partial charge is 0.416 e. The van der Waals surface area contributed by atoms with Crippen molar-refractivity contribution in [1.29, 1.82) is 0 Å². The molecular formula is C23H19ClF6N2O2. The number of hydrogen-bond acceptors (Lipinski definition) is 2. The summed E-state index contributed by atoms with van der Waals surface area (Å²) in [6, 6.07) is 4.56. The molecule has 0 bridgehead atoms. The van der Waals surface area contributed by atoms with E-state index in [0.29, 0.717) is 40.0 Å². The highest BCUT2D eigenvalue weighted by Gasteiger charge is 2.37. The summed E-state index contributed by atoms with van der Waals surface area (Å²) in [6.07, 6.45) is -7.07. The Morgan fingerprint density at radius 2 is 1.65 bits per heavy atom. The largest absolute Gasteiger partial charge is 0.496 e. The van der Waals surface area contributed by atoms with E-state index in [0.717, 1.165) is 4.57 Å². The number of hydrogen-bond donors (Lipinski definition) is 1. The normalized spacial score (nSPS) is 12.6. The molecule has 34 heavy (non-hydrogen) atoms. The summed E-state index contributed by atoms with van der Waals surface area (Å²) in [4.78, 5) is 12.9. The molecule has 4 nitrogen and oxygen atoms in total. The lowest BCUT2D eigenvalue weighted by molar-refractivity contribution is -0.143. The summed E-state index contributed by atoms with van der Waals surface area (Å²) in [5.74, 6) is 0. The van der Waals surface area contributed by atoms with Gasteiger partial charge in [0.05, 0.1) is 22.9 Å². The summed E-state index contributed by atoms with van der Waals surface area (Å²) in [7, 11) is 0. The molecule has 1 aromatic heterocycles. The maximum atomic E-state index is 13.1. The van der Waals surface area contributed by atoms with Crippen molar-refractivity contribution in [2.75, 3.05) is 5.32 Å². The molecule has 3 aromatic rings. The summed E-state index contributed by atoms with van der Waals surface area (Å²) in [5, 5.41) is 3.08. The second-order valence-electron chi connectivity index (χ2n) is 8.13. The maximum Gasteiger partial charge on any atom is 0.416 e. The van der Waals surface area contributed by atoms with Crippen molar-refractivity contribution < 1.29 is 35.9 Å². The van der Waals surface area contributed by atoms with Gasteiger partial charge in [-0.3, -0.25) is 4.57 Å². The van der Waals surface area contributed by atoms with Crippen LogP contribution in [0.4, 0.5) is 36.8 Å². The number of aromatic nitrogens is 1. The minimum atomic E-state index is -5.04. The fourth-order valence-electron chi connectivity index (χ4n) is 3.52. The molecule has 182 valence electrons. The van der Waals surface area contributed by atoms with E-state index in [1.807, 2.05) is 0 Å². The van der Waals surface area contributed by atoms with Crippen LogP contribution in [0.15, 0.2) is 55.4 Å². The SMILES string of the molecule is C=COC(C)(C)Cc1cn(C(=O)Nc2cc(C(F)(F)F)cc(C(F)(F)F)c2)c2ccc(Cl)cc12. The van der Waals surface area contributed by atoms with Crippen LogP contribution in [-0.2, 0) is 23.5 Å². The Morgan fingerprint density at radius 3 is 2.18 bits per heavy atom. The molecule has 0 atom stereocenters. The van der Waals surface area contributed by atoms with Gasteiger partial charge in [0, 0.05) is 28.7 Å². The fraction of sp³-hybridized carbons (Fsp3) is 0.261. The van der Waals surface area contributed by atoms with Crippen LogP contribution in [0.25, 0.3) is 10.9 Å². The number of ether oxygens (including phenoxy) is 1. The highest BCUT2D eigenvalue weighted by atomic mass is 35.5. The Balaban J connectivity index is 2.05. The van der Waals surface area contributed by atoms with Crippen molar-refractivity contribution >= 4 is 34.2 Å². The first-order chi connectivity index (χ1) is 15.6. The maximum absolute atomic E-state index is 13.1. The fourth-order valence-corrected chi connectivity index (χ4v) is 3.69. The van der Waals surface area contributed by atoms with Crippen LogP contribution in [0.3, 0.4) is 0 Å². The number of carbonyl (C=O) groups excluding carboxylic acids is 1. The van der Waals surface area contributed by atoms with Crippen LogP contribution in [-0.4, -0.2) is 16.2 Å². The molecule has 2 aromatic carbocycles. The number of rotatable bonds is 5. The van der Waals surface area contributed by atoms with Gasteiger partial charge in [-0.15, -0.1) is 0 Å². The van der Waals surface area contributed by atoms with Crippen LogP contribution in [0.1, 0.15) is 30.5 Å². The minimum Gasteiger partial charge on any atom is -0.496 e. The van der Waals surface area contributed by atoms with E-state index in [1.165, 1.54) is 24.6 Å². The number of carbonyl (C=O) groups is 1. The van der Waals surface area contributed by atoms with Gasteiger partial charge in [-0.1, -0.05) is 18.2 Å². The third kappa shape index (κ3) is 5.67. The van der Waals surface area contributed by atoms with E-state index < -0.39 is 40.8 Å². The summed E-state index contributed by atoms with van der Waals surface area (Å²) >= 11 is 6.09. The quantitative estimate of drug-likeness (QED) is 0.283. The first-order valence-corrected chi connectivity index (χ1v) is 10.2. The Hall–Kier alpha value is -3.14. The molecule has 11 heteroatoms. The molecule has 0 fully saturated rings. The predicted octanol–water partition coefficient (Wildman–Crippen LogP) is 7.89. The lowest BCUT2D eigenvalue weighted by Gasteiger charge is -2.23. The first-order valence-electron chi connectivity index (χ1n) is 9.80. The van der Waals surface area contributed by atoms with Crippen molar-refractivity contribution in [3.8, 4) is 0 Å². The molecule has 0 radical (unpaired) electrons. The van der Waals surface area contributed by atoms with Crippen molar-refractivity contribution in [2.45, 2.75) is 38.2 Å². The monoisotopic (exact) mass is 504 g/mol. The van der Waals surface area contributed by atoms with E-state index in [1.54, 1.807) is 19.9 Å². The highest BCUT2D eigenvalue weighted by molar-refractivity contribution is 6.31. The van der Waals surface area contributed by atoms with Gasteiger partial charge in [-0.05, 0) is 55.8 Å². The molecular weight excluding hydrogens is 486 g/mol. The molecule has 0 aliphatic rings. The first kappa shape index (κ1) is 25.5. The zero-order valence-corrected chi connectivity index (χ0v) is 18.7. The van der Waals surface area contributed by atoms with E-state index in [-0.39, 0.29) is 6.07 Å². The Bertz CT molecular complexity index is 1210. The molecule has 0 saturated carbocycles. The van der Waals surface area contributed by atoms with Crippen molar-refractivity contribution in [2.24, 2.45) is 0 Å². The number of benzene rings is 2. The number of halogens is 7. The van der Waals surface area contributed by atoms with Crippen LogP contribution in [0.5, 0.6) is 0 Å². The van der Waals surface area contributed by atoms with Crippen molar-refractivity contribution in [1.82, 2.24) is 4.57 Å². The molecule has 1 amide bonds. The number of anilines is 1. The highest BCUT2D eigenvalue weighted by Crippen LogP contribution is 2.38. The second-order valence-corrected chi connectivity index (χ2v) is 8.57. The average Bonchev–Trinajstić information content (AvgIpc) is 3.03. The summed E-state index contributed by atoms with van der Waals surface area (Å²) < 4.78 is 85.5. The summed E-state index contributed by atoms with van der Waals surface area (Å²) in [6.45, 7) is 7.08. The van der Waals surface area contributed by atoms with E-state index in [4.69, 9.17) is 16.3 Å². The van der Waals surface area contributed by atoms with Gasteiger partial charge in [-0.25, -0.2) is 4.79 Å². The lowest BCUT2D eigenvalue weighted by atomic mass is 9.98. The zero-order valence-electron chi connectivity index (χ0n) is 17.9. The molecule has 0 spiro atoms. The molecule has 0 aliphatic carbocycles. The van der Waals surface area contributed by atoms with E-state index >= 15 is 0 Å². The Labute approximate surface area is 195 Å². The van der Waals surface area contributed by atoms with Crippen LogP contribution >= 0.6 is 11.6 Å². The predicted molar refractivity (Wildman–Crippen MR) is 117 cm³/mol. The number of nitrogens with zero attached hydrogens (tertiary/aromatic N) is 1. The molecule has 1 N–H and O–H groups in total. The van der Waals surface area contributed by atoms with Crippen molar-refractivity contribution in [3.05, 3.63) is 77.1 Å². The number of fused-ring (bicyclic) bond motifs is 1. The van der Waals surface area contributed by atoms with Gasteiger partial charge in [0.2, 0.25) is 0 Å². The van der Waals surface area contributed by atoms with E-state index in [2.05, 4.69) is 11.9 Å². The zero-order chi connectivity index (χ0) is 25.5. The molecule has 0 saturated heterocycles. The van der Waals surface area contributed by atoms with E-state index in [9.17, 15) is 31.1 Å². The number of alkyl halides is 6. The third-order valence-corrected chi connectivity index (χ3v) is 5.16. The molecule has 1 heterocycles. The van der Waals surface area contributed by atoms with Crippen LogP contribution in [0, 0.1) is 0 Å². The minimum absolute atomic E-state index is 0.0114. The van der Waals surface area contributed by atoms with Gasteiger partial charge >= 0.3 is 18.4 Å². The second kappa shape index (κ2) is 8.90. The third-order valence-electron chi connectivity index (χ3n) is 4.93. The van der Waals surface area contributed by atoms with Gasteiger partial charge in [0.1, 0.15) is 5.60 Å². The molecule has 0 aliphatic heterocycles. The number of amides is 1. The Morgan fingerprint density at radius 1 is 1.06 bits per heavy atom. The molecule has 3 rings (SSSR count). The van der Waals surface area contributed by atoms with Crippen LogP contribution < -0.4 is 5.32 Å². The summed E-state index contributed by atoms with van der Waals surface area (Å²) in [5.41, 5.74) is -3.47. The van der Waals surface area contributed by atoms with Crippen molar-refractivity contribution in [3.63, 3.8) is 0 Å². The number of nitrogens with one attached hydrogen (secondary N) is 1. The van der Waals surface area contributed by atoms with Gasteiger partial charge < -0.3 is 10.1 Å².